The Morgan fingerprint density at radius 1 is 1.62 bits per heavy atom. The molecule has 0 bridgehead atoms. The Balaban J connectivity index is 3.10. The summed E-state index contributed by atoms with van der Waals surface area (Å²) in [6.07, 6.45) is -0.0956. The first-order chi connectivity index (χ1) is 6.02. The van der Waals surface area contributed by atoms with Gasteiger partial charge in [0.15, 0.2) is 0 Å². The van der Waals surface area contributed by atoms with Crippen LogP contribution in [0.3, 0.4) is 0 Å². The number of halogens is 2. The largest absolute Gasteiger partial charge is 0.481 e. The van der Waals surface area contributed by atoms with Crippen molar-refractivity contribution in [2.75, 3.05) is 5.73 Å². The average molecular weight is 265 g/mol. The summed E-state index contributed by atoms with van der Waals surface area (Å²) in [6, 6.07) is 3.22. The van der Waals surface area contributed by atoms with Crippen molar-refractivity contribution in [3.8, 4) is 0 Å². The molecule has 0 aliphatic carbocycles. The van der Waals surface area contributed by atoms with Crippen LogP contribution in [-0.2, 0) is 11.2 Å². The van der Waals surface area contributed by atoms with E-state index in [4.69, 9.17) is 22.4 Å². The number of nitrogens with two attached hydrogens (primary N) is 1. The van der Waals surface area contributed by atoms with Gasteiger partial charge in [0.2, 0.25) is 0 Å². The molecule has 1 rings (SSSR count). The van der Waals surface area contributed by atoms with Gasteiger partial charge in [0.05, 0.1) is 21.6 Å². The average Bonchev–Trinajstić information content (AvgIpc) is 2.06. The van der Waals surface area contributed by atoms with Gasteiger partial charge in [0.25, 0.3) is 0 Å². The number of nitrogen functional groups attached to an aromatic ring is 1. The van der Waals surface area contributed by atoms with Crippen LogP contribution in [0.15, 0.2) is 16.6 Å². The number of hydrogen-bond acceptors (Lipinski definition) is 2. The molecule has 0 amide bonds. The van der Waals surface area contributed by atoms with Gasteiger partial charge in [-0.05, 0) is 27.6 Å². The highest BCUT2D eigenvalue weighted by Gasteiger charge is 2.09. The minimum absolute atomic E-state index is 0.0956. The molecule has 1 aromatic rings. The maximum atomic E-state index is 10.4. The molecular formula is C8H7BrClNO2. The molecule has 3 N–H and O–H groups in total. The van der Waals surface area contributed by atoms with Crippen LogP contribution in [0.5, 0.6) is 0 Å². The molecule has 0 unspecified atom stereocenters. The first-order valence-corrected chi connectivity index (χ1v) is 4.63. The fraction of sp³-hybridized carbons (Fsp3) is 0.125. The van der Waals surface area contributed by atoms with E-state index in [9.17, 15) is 4.79 Å². The van der Waals surface area contributed by atoms with Crippen LogP contribution in [0.4, 0.5) is 5.69 Å². The number of aliphatic carboxylic acids is 1. The number of carbonyl (C=O) groups is 1. The minimum Gasteiger partial charge on any atom is -0.481 e. The zero-order valence-corrected chi connectivity index (χ0v) is 8.89. The monoisotopic (exact) mass is 263 g/mol. The number of hydrogen-bond donors (Lipinski definition) is 2. The lowest BCUT2D eigenvalue weighted by molar-refractivity contribution is -0.136. The molecule has 0 spiro atoms. The summed E-state index contributed by atoms with van der Waals surface area (Å²) < 4.78 is 0.549. The molecule has 13 heavy (non-hydrogen) atoms. The van der Waals surface area contributed by atoms with Crippen molar-refractivity contribution in [2.45, 2.75) is 6.42 Å². The van der Waals surface area contributed by atoms with Crippen molar-refractivity contribution < 1.29 is 9.90 Å². The van der Waals surface area contributed by atoms with E-state index in [1.165, 1.54) is 0 Å². The normalized spacial score (nSPS) is 10.0. The van der Waals surface area contributed by atoms with Crippen molar-refractivity contribution in [3.05, 3.63) is 27.2 Å². The van der Waals surface area contributed by atoms with E-state index >= 15 is 0 Å². The number of rotatable bonds is 2. The lowest BCUT2D eigenvalue weighted by Crippen LogP contribution is -2.04. The third-order valence-electron chi connectivity index (χ3n) is 1.56. The van der Waals surface area contributed by atoms with E-state index in [-0.39, 0.29) is 6.42 Å². The van der Waals surface area contributed by atoms with Crippen LogP contribution >= 0.6 is 27.5 Å². The summed E-state index contributed by atoms with van der Waals surface area (Å²) in [4.78, 5) is 10.4. The summed E-state index contributed by atoms with van der Waals surface area (Å²) in [6.45, 7) is 0. The number of carboxylic acids is 1. The lowest BCUT2D eigenvalue weighted by atomic mass is 10.1. The molecule has 0 heterocycles. The van der Waals surface area contributed by atoms with Gasteiger partial charge < -0.3 is 10.8 Å². The highest BCUT2D eigenvalue weighted by molar-refractivity contribution is 9.10. The molecule has 70 valence electrons. The van der Waals surface area contributed by atoms with Crippen LogP contribution in [0, 0.1) is 0 Å². The minimum atomic E-state index is -0.916. The molecule has 0 saturated carbocycles. The van der Waals surface area contributed by atoms with Crippen molar-refractivity contribution in [1.29, 1.82) is 0 Å². The SMILES string of the molecule is Nc1c(CC(=O)O)ccc(Cl)c1Br. The van der Waals surface area contributed by atoms with E-state index in [0.717, 1.165) is 0 Å². The van der Waals surface area contributed by atoms with Gasteiger partial charge in [0, 0.05) is 0 Å². The van der Waals surface area contributed by atoms with Crippen molar-refractivity contribution in [1.82, 2.24) is 0 Å². The summed E-state index contributed by atoms with van der Waals surface area (Å²) in [5.74, 6) is -0.916. The van der Waals surface area contributed by atoms with E-state index in [2.05, 4.69) is 15.9 Å². The first kappa shape index (κ1) is 10.3. The lowest BCUT2D eigenvalue weighted by Gasteiger charge is -2.06. The van der Waals surface area contributed by atoms with Gasteiger partial charge in [-0.2, -0.15) is 0 Å². The van der Waals surface area contributed by atoms with E-state index in [1.54, 1.807) is 12.1 Å². The highest BCUT2D eigenvalue weighted by atomic mass is 79.9. The fourth-order valence-corrected chi connectivity index (χ4v) is 1.47. The quantitative estimate of drug-likeness (QED) is 0.806. The third kappa shape index (κ3) is 2.35. The van der Waals surface area contributed by atoms with Crippen LogP contribution in [-0.4, -0.2) is 11.1 Å². The molecule has 0 aromatic heterocycles. The summed E-state index contributed by atoms with van der Waals surface area (Å²) in [5, 5.41) is 9.03. The smallest absolute Gasteiger partial charge is 0.307 e. The predicted molar refractivity (Wildman–Crippen MR) is 54.9 cm³/mol. The summed E-state index contributed by atoms with van der Waals surface area (Å²) >= 11 is 8.92. The zero-order valence-electron chi connectivity index (χ0n) is 6.55. The highest BCUT2D eigenvalue weighted by Crippen LogP contribution is 2.31. The molecule has 0 aliphatic rings. The molecule has 0 saturated heterocycles. The number of benzene rings is 1. The van der Waals surface area contributed by atoms with Gasteiger partial charge >= 0.3 is 5.97 Å². The molecule has 3 nitrogen and oxygen atoms in total. The van der Waals surface area contributed by atoms with E-state index in [1.807, 2.05) is 0 Å². The van der Waals surface area contributed by atoms with Crippen LogP contribution in [0.2, 0.25) is 5.02 Å². The second-order valence-electron chi connectivity index (χ2n) is 2.50. The zero-order chi connectivity index (χ0) is 10.0. The number of carboxylic acid groups (broad SMARTS) is 1. The fourth-order valence-electron chi connectivity index (χ4n) is 0.923. The standard InChI is InChI=1S/C8H7BrClNO2/c9-7-5(10)2-1-4(8(7)11)3-6(12)13/h1-2H,3,11H2,(H,12,13). The van der Waals surface area contributed by atoms with Crippen molar-refractivity contribution >= 4 is 39.2 Å². The van der Waals surface area contributed by atoms with Gasteiger partial charge in [-0.3, -0.25) is 4.79 Å². The first-order valence-electron chi connectivity index (χ1n) is 3.46. The number of anilines is 1. The van der Waals surface area contributed by atoms with E-state index < -0.39 is 5.97 Å². The van der Waals surface area contributed by atoms with Gasteiger partial charge in [-0.25, -0.2) is 0 Å². The van der Waals surface area contributed by atoms with Crippen LogP contribution in [0.1, 0.15) is 5.56 Å². The van der Waals surface area contributed by atoms with Gasteiger partial charge in [-0.1, -0.05) is 17.7 Å². The Bertz CT molecular complexity index is 354. The third-order valence-corrected chi connectivity index (χ3v) is 2.96. The summed E-state index contributed by atoms with van der Waals surface area (Å²) in [7, 11) is 0. The van der Waals surface area contributed by atoms with Crippen molar-refractivity contribution in [3.63, 3.8) is 0 Å². The van der Waals surface area contributed by atoms with Crippen LogP contribution < -0.4 is 5.73 Å². The Hall–Kier alpha value is -0.740. The maximum absolute atomic E-state index is 10.4. The van der Waals surface area contributed by atoms with Gasteiger partial charge in [0.1, 0.15) is 0 Å². The second-order valence-corrected chi connectivity index (χ2v) is 3.70. The Labute approximate surface area is 88.6 Å². The maximum Gasteiger partial charge on any atom is 0.307 e. The Morgan fingerprint density at radius 2 is 2.23 bits per heavy atom. The molecule has 1 aromatic carbocycles. The molecule has 0 fully saturated rings. The molecule has 5 heteroatoms. The second kappa shape index (κ2) is 3.98. The molecule has 0 radical (unpaired) electrons. The van der Waals surface area contributed by atoms with E-state index in [0.29, 0.717) is 20.7 Å². The van der Waals surface area contributed by atoms with Crippen molar-refractivity contribution in [2.24, 2.45) is 0 Å². The molecule has 0 atom stereocenters. The predicted octanol–water partition coefficient (Wildman–Crippen LogP) is 2.31. The Morgan fingerprint density at radius 3 is 2.77 bits per heavy atom. The molecule has 0 aliphatic heterocycles. The topological polar surface area (TPSA) is 63.3 Å². The Kier molecular flexibility index (Phi) is 3.17. The van der Waals surface area contributed by atoms with Gasteiger partial charge in [-0.15, -0.1) is 0 Å². The summed E-state index contributed by atoms with van der Waals surface area (Å²) in [5.41, 5.74) is 6.58. The van der Waals surface area contributed by atoms with Crippen LogP contribution in [0.25, 0.3) is 0 Å². The molecular weight excluding hydrogens is 257 g/mol.